The van der Waals surface area contributed by atoms with Crippen molar-refractivity contribution in [1.29, 1.82) is 5.41 Å². The second kappa shape index (κ2) is 12.3. The molecule has 35 heavy (non-hydrogen) atoms. The molecule has 0 aliphatic rings. The number of hydrogen-bond acceptors (Lipinski definition) is 8. The number of imide groups is 1. The molecule has 0 bridgehead atoms. The fraction of sp³-hybridized carbons (Fsp3) is 0.348. The lowest BCUT2D eigenvalue weighted by Crippen LogP contribution is -2.38. The molecule has 0 aliphatic heterocycles. The van der Waals surface area contributed by atoms with Gasteiger partial charge < -0.3 is 30.2 Å². The van der Waals surface area contributed by atoms with Crippen LogP contribution in [-0.2, 0) is 14.3 Å². The molecule has 0 saturated carbocycles. The minimum Gasteiger partial charge on any atom is -0.426 e. The number of amides is 3. The molecule has 1 heterocycles. The molecule has 0 spiro atoms. The van der Waals surface area contributed by atoms with Gasteiger partial charge in [-0.05, 0) is 51.0 Å². The summed E-state index contributed by atoms with van der Waals surface area (Å²) in [5, 5.41) is 22.8. The van der Waals surface area contributed by atoms with Gasteiger partial charge in [-0.25, -0.2) is 14.5 Å². The molecule has 3 amide bonds. The second-order valence-electron chi connectivity index (χ2n) is 7.34. The van der Waals surface area contributed by atoms with Crippen molar-refractivity contribution in [1.82, 2.24) is 15.2 Å². The summed E-state index contributed by atoms with van der Waals surface area (Å²) in [6.45, 7) is 5.69. The Morgan fingerprint density at radius 1 is 1.14 bits per heavy atom. The van der Waals surface area contributed by atoms with Gasteiger partial charge in [0.15, 0.2) is 0 Å². The number of aromatic amines is 1. The Bertz CT molecular complexity index is 1130. The van der Waals surface area contributed by atoms with Gasteiger partial charge in [0.1, 0.15) is 12.4 Å². The summed E-state index contributed by atoms with van der Waals surface area (Å²) in [6.07, 6.45) is 0.347. The van der Waals surface area contributed by atoms with Crippen LogP contribution in [0.5, 0.6) is 0 Å². The molecule has 1 aromatic carbocycles. The van der Waals surface area contributed by atoms with Crippen LogP contribution < -0.4 is 10.6 Å². The Morgan fingerprint density at radius 2 is 1.86 bits per heavy atom. The van der Waals surface area contributed by atoms with Crippen molar-refractivity contribution in [2.45, 2.75) is 27.7 Å². The van der Waals surface area contributed by atoms with E-state index in [-0.39, 0.29) is 23.9 Å². The van der Waals surface area contributed by atoms with Crippen LogP contribution in [0.25, 0.3) is 0 Å². The molecule has 0 radical (unpaired) electrons. The summed E-state index contributed by atoms with van der Waals surface area (Å²) in [6, 6.07) is 5.09. The highest BCUT2D eigenvalue weighted by atomic mass is 16.7. The number of amidine groups is 1. The van der Waals surface area contributed by atoms with Crippen molar-refractivity contribution in [2.75, 3.05) is 31.8 Å². The lowest BCUT2D eigenvalue weighted by atomic mass is 10.1. The number of rotatable bonds is 9. The van der Waals surface area contributed by atoms with Crippen molar-refractivity contribution in [3.8, 4) is 0 Å². The lowest BCUT2D eigenvalue weighted by molar-refractivity contribution is -0.155. The highest BCUT2D eigenvalue weighted by Crippen LogP contribution is 2.21. The molecule has 2 rings (SSSR count). The van der Waals surface area contributed by atoms with Crippen LogP contribution >= 0.6 is 0 Å². The SMILES string of the molecule is CCNC(=O)c1ccc(C)c(NC(=N)c2[nH]cc(C(=O)N(CC)C(=O)OCOC(=O)CO)c2C)c1. The second-order valence-corrected chi connectivity index (χ2v) is 7.34. The van der Waals surface area contributed by atoms with Crippen molar-refractivity contribution in [3.05, 3.63) is 52.3 Å². The average molecular weight is 488 g/mol. The first-order valence-electron chi connectivity index (χ1n) is 10.8. The van der Waals surface area contributed by atoms with Crippen LogP contribution in [0.2, 0.25) is 0 Å². The third-order valence-electron chi connectivity index (χ3n) is 5.03. The summed E-state index contributed by atoms with van der Waals surface area (Å²) in [5.74, 6) is -1.92. The first kappa shape index (κ1) is 27.1. The average Bonchev–Trinajstić information content (AvgIpc) is 3.22. The van der Waals surface area contributed by atoms with E-state index in [1.54, 1.807) is 32.0 Å². The molecule has 0 aliphatic carbocycles. The van der Waals surface area contributed by atoms with Crippen LogP contribution in [0.15, 0.2) is 24.4 Å². The number of anilines is 1. The molecule has 12 nitrogen and oxygen atoms in total. The number of aryl methyl sites for hydroxylation is 1. The summed E-state index contributed by atoms with van der Waals surface area (Å²) in [5.41, 5.74) is 2.68. The van der Waals surface area contributed by atoms with Gasteiger partial charge in [-0.1, -0.05) is 6.07 Å². The number of carbonyl (C=O) groups excluding carboxylic acids is 4. The quantitative estimate of drug-likeness (QED) is 0.154. The molecule has 0 fully saturated rings. The largest absolute Gasteiger partial charge is 0.426 e. The van der Waals surface area contributed by atoms with Crippen molar-refractivity contribution >= 4 is 35.4 Å². The van der Waals surface area contributed by atoms with E-state index < -0.39 is 31.4 Å². The number of H-pyrrole nitrogens is 1. The van der Waals surface area contributed by atoms with Crippen LogP contribution in [0, 0.1) is 19.3 Å². The van der Waals surface area contributed by atoms with Gasteiger partial charge in [0.25, 0.3) is 11.8 Å². The van der Waals surface area contributed by atoms with E-state index in [4.69, 9.17) is 15.3 Å². The van der Waals surface area contributed by atoms with E-state index in [9.17, 15) is 19.2 Å². The number of aliphatic hydroxyl groups is 1. The smallest absolute Gasteiger partial charge is 0.419 e. The van der Waals surface area contributed by atoms with Crippen LogP contribution in [0.4, 0.5) is 10.5 Å². The van der Waals surface area contributed by atoms with Crippen molar-refractivity contribution in [2.24, 2.45) is 0 Å². The minimum absolute atomic E-state index is 0.0208. The van der Waals surface area contributed by atoms with Crippen LogP contribution in [-0.4, -0.2) is 71.2 Å². The molecule has 0 unspecified atom stereocenters. The summed E-state index contributed by atoms with van der Waals surface area (Å²) in [7, 11) is 0. The fourth-order valence-corrected chi connectivity index (χ4v) is 3.11. The number of aromatic nitrogens is 1. The number of esters is 1. The van der Waals surface area contributed by atoms with E-state index in [1.165, 1.54) is 6.20 Å². The standard InChI is InChI=1S/C23H29N5O7/c1-5-25-21(31)15-8-7-13(3)17(9-15)27-20(24)19-14(4)16(10-26-19)22(32)28(6-2)23(33)35-12-34-18(30)11-29/h7-10,26,29H,5-6,11-12H2,1-4H3,(H2,24,27)(H,25,31). The Kier molecular flexibility index (Phi) is 9.53. The molecule has 5 N–H and O–H groups in total. The third kappa shape index (κ3) is 6.67. The Labute approximate surface area is 202 Å². The lowest BCUT2D eigenvalue weighted by Gasteiger charge is -2.18. The third-order valence-corrected chi connectivity index (χ3v) is 5.03. The summed E-state index contributed by atoms with van der Waals surface area (Å²) >= 11 is 0. The number of benzene rings is 1. The number of carbonyl (C=O) groups is 4. The molecule has 1 aromatic heterocycles. The first-order valence-corrected chi connectivity index (χ1v) is 10.8. The monoisotopic (exact) mass is 487 g/mol. The van der Waals surface area contributed by atoms with E-state index >= 15 is 0 Å². The fourth-order valence-electron chi connectivity index (χ4n) is 3.11. The molecule has 12 heteroatoms. The zero-order chi connectivity index (χ0) is 26.1. The van der Waals surface area contributed by atoms with E-state index in [1.807, 2.05) is 13.8 Å². The maximum absolute atomic E-state index is 12.9. The number of ether oxygens (including phenoxy) is 2. The maximum atomic E-state index is 12.9. The van der Waals surface area contributed by atoms with Gasteiger partial charge in [0, 0.05) is 30.5 Å². The van der Waals surface area contributed by atoms with Crippen LogP contribution in [0.1, 0.15) is 51.4 Å². The minimum atomic E-state index is -1.03. The van der Waals surface area contributed by atoms with Gasteiger partial charge in [0.05, 0.1) is 11.3 Å². The van der Waals surface area contributed by atoms with Gasteiger partial charge in [-0.2, -0.15) is 0 Å². The highest BCUT2D eigenvalue weighted by Gasteiger charge is 2.27. The molecule has 2 aromatic rings. The molecule has 0 saturated heterocycles. The zero-order valence-corrected chi connectivity index (χ0v) is 20.0. The van der Waals surface area contributed by atoms with Gasteiger partial charge in [-0.3, -0.25) is 15.0 Å². The topological polar surface area (TPSA) is 174 Å². The normalized spacial score (nSPS) is 10.3. The zero-order valence-electron chi connectivity index (χ0n) is 20.0. The Morgan fingerprint density at radius 3 is 2.49 bits per heavy atom. The van der Waals surface area contributed by atoms with Gasteiger partial charge >= 0.3 is 12.1 Å². The molecular formula is C23H29N5O7. The highest BCUT2D eigenvalue weighted by molar-refractivity contribution is 6.10. The Balaban J connectivity index is 2.17. The predicted molar refractivity (Wildman–Crippen MR) is 126 cm³/mol. The molecule has 188 valence electrons. The first-order chi connectivity index (χ1) is 16.6. The van der Waals surface area contributed by atoms with Crippen molar-refractivity contribution in [3.63, 3.8) is 0 Å². The summed E-state index contributed by atoms with van der Waals surface area (Å²) in [4.78, 5) is 52.0. The van der Waals surface area contributed by atoms with Crippen LogP contribution in [0.3, 0.4) is 0 Å². The van der Waals surface area contributed by atoms with Gasteiger partial charge in [-0.15, -0.1) is 0 Å². The predicted octanol–water partition coefficient (Wildman–Crippen LogP) is 1.91. The summed E-state index contributed by atoms with van der Waals surface area (Å²) < 4.78 is 9.23. The maximum Gasteiger partial charge on any atom is 0.419 e. The molecular weight excluding hydrogens is 458 g/mol. The van der Waals surface area contributed by atoms with E-state index in [0.29, 0.717) is 29.1 Å². The van der Waals surface area contributed by atoms with Gasteiger partial charge in [0.2, 0.25) is 6.79 Å². The number of hydrogen-bond donors (Lipinski definition) is 5. The number of nitrogens with zero attached hydrogens (tertiary/aromatic N) is 1. The number of aliphatic hydroxyl groups excluding tert-OH is 1. The van der Waals surface area contributed by atoms with E-state index in [2.05, 4.69) is 20.4 Å². The van der Waals surface area contributed by atoms with Crippen molar-refractivity contribution < 1.29 is 33.8 Å². The van der Waals surface area contributed by atoms with E-state index in [0.717, 1.165) is 10.5 Å². The Hall–Kier alpha value is -4.19. The molecule has 0 atom stereocenters. The number of nitrogens with one attached hydrogen (secondary N) is 4.